The van der Waals surface area contributed by atoms with Crippen LogP contribution in [0.5, 0.6) is 0 Å². The third-order valence-corrected chi connectivity index (χ3v) is 11.1. The molecule has 0 aliphatic rings. The Morgan fingerprint density at radius 1 is 0.800 bits per heavy atom. The molecule has 0 aliphatic carbocycles. The summed E-state index contributed by atoms with van der Waals surface area (Å²) in [4.78, 5) is 0. The number of aliphatic hydroxyl groups excluding tert-OH is 1. The zero-order chi connectivity index (χ0) is 17.5. The molecule has 0 amide bonds. The zero-order valence-corrected chi connectivity index (χ0v) is 16.7. The summed E-state index contributed by atoms with van der Waals surface area (Å²) >= 11 is 3.42. The van der Waals surface area contributed by atoms with Gasteiger partial charge in [0.05, 0.1) is 0 Å². The van der Waals surface area contributed by atoms with E-state index >= 15 is 0 Å². The van der Waals surface area contributed by atoms with Gasteiger partial charge in [-0.05, 0) is 0 Å². The van der Waals surface area contributed by atoms with Crippen molar-refractivity contribution in [1.82, 2.24) is 0 Å². The Labute approximate surface area is 157 Å². The van der Waals surface area contributed by atoms with Crippen molar-refractivity contribution in [3.05, 3.63) is 95.9 Å². The summed E-state index contributed by atoms with van der Waals surface area (Å²) in [5.41, 5.74) is 0.884. The van der Waals surface area contributed by atoms with Gasteiger partial charge in [-0.1, -0.05) is 0 Å². The minimum atomic E-state index is -1.74. The van der Waals surface area contributed by atoms with E-state index in [2.05, 4.69) is 63.6 Å². The van der Waals surface area contributed by atoms with E-state index in [1.54, 1.807) is 6.26 Å². The fourth-order valence-corrected chi connectivity index (χ4v) is 7.35. The van der Waals surface area contributed by atoms with Crippen LogP contribution in [0.25, 0.3) is 0 Å². The topological polar surface area (TPSA) is 33.4 Å². The first-order valence-corrected chi connectivity index (χ1v) is 13.0. The van der Waals surface area contributed by atoms with Crippen LogP contribution in [0.15, 0.2) is 83.5 Å². The van der Waals surface area contributed by atoms with Gasteiger partial charge in [-0.25, -0.2) is 0 Å². The molecule has 1 unspecified atom stereocenters. The Balaban J connectivity index is 1.76. The van der Waals surface area contributed by atoms with Crippen molar-refractivity contribution < 1.29 is 9.52 Å². The van der Waals surface area contributed by atoms with Crippen molar-refractivity contribution in [2.75, 3.05) is 12.3 Å². The van der Waals surface area contributed by atoms with E-state index < -0.39 is 11.4 Å². The molecule has 1 aromatic heterocycles. The van der Waals surface area contributed by atoms with Crippen molar-refractivity contribution in [1.29, 1.82) is 0 Å². The van der Waals surface area contributed by atoms with E-state index in [9.17, 15) is 5.11 Å². The first kappa shape index (κ1) is 18.4. The summed E-state index contributed by atoms with van der Waals surface area (Å²) in [5.74, 6) is 0.128. The van der Waals surface area contributed by atoms with Crippen LogP contribution in [0.1, 0.15) is 22.7 Å². The molecule has 1 N–H and O–H groups in total. The van der Waals surface area contributed by atoms with Crippen LogP contribution < -0.4 is 0 Å². The molecule has 2 aromatic carbocycles. The van der Waals surface area contributed by atoms with Crippen LogP contribution in [0.2, 0.25) is 0 Å². The molecular weight excluding hydrogens is 394 g/mol. The Morgan fingerprint density at radius 3 is 1.76 bits per heavy atom. The van der Waals surface area contributed by atoms with E-state index in [1.807, 2.05) is 24.3 Å². The summed E-state index contributed by atoms with van der Waals surface area (Å²) in [5, 5.41) is 11.0. The van der Waals surface area contributed by atoms with Crippen LogP contribution in [0.4, 0.5) is 0 Å². The number of hydrogen-bond acceptors (Lipinski definition) is 2. The second-order valence-electron chi connectivity index (χ2n) is 6.26. The molecule has 25 heavy (non-hydrogen) atoms. The number of rotatable bonds is 8. The van der Waals surface area contributed by atoms with Gasteiger partial charge in [0.1, 0.15) is 0 Å². The number of benzene rings is 2. The number of aryl methyl sites for hydroxylation is 2. The van der Waals surface area contributed by atoms with Crippen molar-refractivity contribution in [2.24, 2.45) is 0 Å². The summed E-state index contributed by atoms with van der Waals surface area (Å²) < 4.78 is 5.50. The van der Waals surface area contributed by atoms with Gasteiger partial charge >= 0.3 is 157 Å². The minimum absolute atomic E-state index is 0.546. The van der Waals surface area contributed by atoms with Crippen LogP contribution >= 0.6 is 5.51 Å². The van der Waals surface area contributed by atoms with Gasteiger partial charge in [-0.3, -0.25) is 0 Å². The molecule has 0 aliphatic heterocycles. The summed E-state index contributed by atoms with van der Waals surface area (Å²) in [7, 11) is 0. The van der Waals surface area contributed by atoms with Crippen molar-refractivity contribution in [2.45, 2.75) is 18.7 Å². The average molecular weight is 417 g/mol. The first-order valence-electron chi connectivity index (χ1n) is 8.54. The summed E-state index contributed by atoms with van der Waals surface area (Å²) in [6, 6.07) is 24.7. The quantitative estimate of drug-likeness (QED) is 0.420. The molecule has 2 nitrogen and oxygen atoms in total. The normalized spacial score (nSPS) is 12.8. The molecule has 1 heterocycles. The Kier molecular flexibility index (Phi) is 6.51. The van der Waals surface area contributed by atoms with Gasteiger partial charge < -0.3 is 0 Å². The van der Waals surface area contributed by atoms with E-state index in [0.717, 1.165) is 25.2 Å². The monoisotopic (exact) mass is 418 g/mol. The van der Waals surface area contributed by atoms with Crippen LogP contribution in [-0.2, 0) is 12.8 Å². The fourth-order valence-electron chi connectivity index (χ4n) is 2.95. The molecule has 0 fully saturated rings. The molecular formula is C21H23O2PSe. The van der Waals surface area contributed by atoms with Gasteiger partial charge in [-0.15, -0.1) is 0 Å². The third kappa shape index (κ3) is 5.06. The van der Waals surface area contributed by atoms with E-state index in [4.69, 9.17) is 4.42 Å². The molecule has 0 saturated heterocycles. The van der Waals surface area contributed by atoms with Crippen molar-refractivity contribution in [3.8, 4) is 0 Å². The summed E-state index contributed by atoms with van der Waals surface area (Å²) in [6.07, 6.45) is 5.50. The average Bonchev–Trinajstić information content (AvgIpc) is 3.20. The maximum atomic E-state index is 11.0. The molecule has 130 valence electrons. The number of aliphatic hydroxyl groups is 1. The van der Waals surface area contributed by atoms with Gasteiger partial charge in [0.25, 0.3) is 0 Å². The zero-order valence-electron chi connectivity index (χ0n) is 14.1. The Bertz CT molecular complexity index is 753. The fraction of sp³-hybridized carbons (Fsp3) is 0.238. The SMILES string of the molecule is OC(c1ccco1)P(=[Se])(CCc1ccccc1)CCc1ccccc1. The third-order valence-electron chi connectivity index (χ3n) is 4.49. The molecule has 1 atom stereocenters. The number of furan rings is 1. The second-order valence-corrected chi connectivity index (χ2v) is 14.1. The van der Waals surface area contributed by atoms with Gasteiger partial charge in [0, 0.05) is 0 Å². The van der Waals surface area contributed by atoms with Crippen LogP contribution in [0, 0.1) is 0 Å². The first-order chi connectivity index (χ1) is 12.2. The molecule has 0 bridgehead atoms. The van der Waals surface area contributed by atoms with Crippen molar-refractivity contribution in [3.63, 3.8) is 0 Å². The van der Waals surface area contributed by atoms with Gasteiger partial charge in [0.2, 0.25) is 0 Å². The molecule has 0 spiro atoms. The van der Waals surface area contributed by atoms with E-state index in [0.29, 0.717) is 5.76 Å². The molecule has 3 aromatic rings. The summed E-state index contributed by atoms with van der Waals surface area (Å²) in [6.45, 7) is 0. The van der Waals surface area contributed by atoms with E-state index in [-0.39, 0.29) is 0 Å². The predicted molar refractivity (Wildman–Crippen MR) is 106 cm³/mol. The van der Waals surface area contributed by atoms with Gasteiger partial charge in [0.15, 0.2) is 0 Å². The van der Waals surface area contributed by atoms with Crippen molar-refractivity contribution >= 4 is 20.6 Å². The Hall–Kier alpha value is -1.37. The van der Waals surface area contributed by atoms with E-state index in [1.165, 1.54) is 11.1 Å². The maximum absolute atomic E-state index is 11.0. The van der Waals surface area contributed by atoms with Gasteiger partial charge in [-0.2, -0.15) is 0 Å². The Morgan fingerprint density at radius 2 is 1.32 bits per heavy atom. The molecule has 4 heteroatoms. The molecule has 3 rings (SSSR count). The number of hydrogen-bond donors (Lipinski definition) is 1. The molecule has 0 saturated carbocycles. The van der Waals surface area contributed by atoms with Crippen LogP contribution in [0.3, 0.4) is 0 Å². The van der Waals surface area contributed by atoms with Crippen LogP contribution in [-0.4, -0.2) is 32.5 Å². The second kappa shape index (κ2) is 8.83. The predicted octanol–water partition coefficient (Wildman–Crippen LogP) is 4.86. The molecule has 0 radical (unpaired) electrons. The standard InChI is InChI=1S/C21H23O2PSe/c22-21(20-12-7-15-23-20)24(25,16-13-18-8-3-1-4-9-18)17-14-19-10-5-2-6-11-19/h1-12,15,21-22H,13-14,16-17H2.